The molecule has 1 saturated heterocycles. The summed E-state index contributed by atoms with van der Waals surface area (Å²) in [5.74, 6) is -1.07. The minimum atomic E-state index is -0.814. The number of carbonyl (C=O) groups is 2. The van der Waals surface area contributed by atoms with E-state index in [9.17, 15) is 14.7 Å². The molecule has 2 unspecified atom stereocenters. The summed E-state index contributed by atoms with van der Waals surface area (Å²) in [6.07, 6.45) is 2.33. The van der Waals surface area contributed by atoms with E-state index in [1.165, 1.54) is 13.3 Å². The van der Waals surface area contributed by atoms with Gasteiger partial charge < -0.3 is 14.7 Å². The molecular formula is C18H21ClN4O4. The molecule has 2 N–H and O–H groups in total. The second-order valence-electron chi connectivity index (χ2n) is 6.79. The molecule has 144 valence electrons. The Morgan fingerprint density at radius 3 is 2.56 bits per heavy atom. The second kappa shape index (κ2) is 7.56. The van der Waals surface area contributed by atoms with Gasteiger partial charge in [-0.25, -0.2) is 4.98 Å². The van der Waals surface area contributed by atoms with Gasteiger partial charge in [0.15, 0.2) is 0 Å². The molecule has 3 rings (SSSR count). The number of nitrogens with one attached hydrogen (secondary N) is 1. The third-order valence-corrected chi connectivity index (χ3v) is 5.21. The first-order valence-electron chi connectivity index (χ1n) is 8.62. The van der Waals surface area contributed by atoms with E-state index >= 15 is 0 Å². The van der Waals surface area contributed by atoms with E-state index in [4.69, 9.17) is 16.3 Å². The van der Waals surface area contributed by atoms with Crippen molar-refractivity contribution in [1.82, 2.24) is 20.1 Å². The highest BCUT2D eigenvalue weighted by Crippen LogP contribution is 2.31. The van der Waals surface area contributed by atoms with Crippen molar-refractivity contribution in [3.63, 3.8) is 0 Å². The Morgan fingerprint density at radius 2 is 1.96 bits per heavy atom. The smallest absolute Gasteiger partial charge is 0.306 e. The van der Waals surface area contributed by atoms with E-state index in [-0.39, 0.29) is 18.0 Å². The molecule has 8 nitrogen and oxygen atoms in total. The average molecular weight is 393 g/mol. The lowest BCUT2D eigenvalue weighted by Crippen LogP contribution is -2.51. The maximum Gasteiger partial charge on any atom is 0.306 e. The van der Waals surface area contributed by atoms with Crippen LogP contribution in [-0.2, 0) is 4.79 Å². The van der Waals surface area contributed by atoms with Gasteiger partial charge in [-0.3, -0.25) is 14.7 Å². The predicted molar refractivity (Wildman–Crippen MR) is 98.8 cm³/mol. The van der Waals surface area contributed by atoms with Gasteiger partial charge >= 0.3 is 5.97 Å². The number of methoxy groups -OCH3 is 1. The van der Waals surface area contributed by atoms with E-state index in [1.807, 2.05) is 13.8 Å². The van der Waals surface area contributed by atoms with E-state index in [0.29, 0.717) is 40.7 Å². The highest BCUT2D eigenvalue weighted by molar-refractivity contribution is 6.33. The molecule has 0 radical (unpaired) electrons. The van der Waals surface area contributed by atoms with Crippen LogP contribution in [0.25, 0.3) is 11.3 Å². The molecule has 0 bridgehead atoms. The van der Waals surface area contributed by atoms with Gasteiger partial charge in [0.25, 0.3) is 5.91 Å². The van der Waals surface area contributed by atoms with Crippen LogP contribution in [0.1, 0.15) is 37.2 Å². The molecule has 1 aliphatic heterocycles. The third kappa shape index (κ3) is 3.75. The van der Waals surface area contributed by atoms with Gasteiger partial charge in [0.1, 0.15) is 5.69 Å². The van der Waals surface area contributed by atoms with Gasteiger partial charge in [0, 0.05) is 23.7 Å². The molecule has 2 aromatic heterocycles. The van der Waals surface area contributed by atoms with E-state index in [1.54, 1.807) is 17.0 Å². The first-order chi connectivity index (χ1) is 12.8. The highest BCUT2D eigenvalue weighted by atomic mass is 35.5. The number of carbonyl (C=O) groups excluding carboxylic acids is 1. The first kappa shape index (κ1) is 19.2. The van der Waals surface area contributed by atoms with Crippen LogP contribution in [0.5, 0.6) is 5.88 Å². The van der Waals surface area contributed by atoms with Gasteiger partial charge in [-0.1, -0.05) is 11.6 Å². The molecule has 0 saturated carbocycles. The summed E-state index contributed by atoms with van der Waals surface area (Å²) in [5.41, 5.74) is 1.43. The number of halogens is 1. The zero-order chi connectivity index (χ0) is 19.7. The number of rotatable bonds is 4. The number of likely N-dealkylation sites (tertiary alicyclic amines) is 1. The molecule has 3 heterocycles. The third-order valence-electron chi connectivity index (χ3n) is 4.91. The van der Waals surface area contributed by atoms with Crippen LogP contribution in [0.2, 0.25) is 5.02 Å². The Balaban J connectivity index is 1.84. The number of carboxylic acid groups (broad SMARTS) is 1. The van der Waals surface area contributed by atoms with Crippen LogP contribution in [0.3, 0.4) is 0 Å². The molecule has 0 aromatic carbocycles. The molecule has 0 spiro atoms. The van der Waals surface area contributed by atoms with E-state index in [2.05, 4.69) is 15.2 Å². The Kier molecular flexibility index (Phi) is 5.36. The van der Waals surface area contributed by atoms with Crippen molar-refractivity contribution in [1.29, 1.82) is 0 Å². The van der Waals surface area contributed by atoms with Crippen molar-refractivity contribution in [2.75, 3.05) is 7.11 Å². The van der Waals surface area contributed by atoms with Crippen molar-refractivity contribution in [2.24, 2.45) is 5.92 Å². The van der Waals surface area contributed by atoms with Crippen LogP contribution < -0.4 is 4.74 Å². The summed E-state index contributed by atoms with van der Waals surface area (Å²) in [7, 11) is 1.50. The lowest BCUT2D eigenvalue weighted by Gasteiger charge is -2.41. The Morgan fingerprint density at radius 1 is 1.30 bits per heavy atom. The number of ether oxygens (including phenoxy) is 1. The normalized spacial score (nSPS) is 22.5. The topological polar surface area (TPSA) is 108 Å². The number of hydrogen-bond donors (Lipinski definition) is 2. The van der Waals surface area contributed by atoms with Crippen molar-refractivity contribution >= 4 is 23.5 Å². The van der Waals surface area contributed by atoms with Crippen molar-refractivity contribution in [3.05, 3.63) is 29.0 Å². The fourth-order valence-electron chi connectivity index (χ4n) is 3.62. The Hall–Kier alpha value is -2.61. The summed E-state index contributed by atoms with van der Waals surface area (Å²) in [5, 5.41) is 16.6. The lowest BCUT2D eigenvalue weighted by molar-refractivity contribution is -0.144. The number of aliphatic carboxylic acids is 1. The molecule has 1 fully saturated rings. The van der Waals surface area contributed by atoms with Crippen LogP contribution in [0, 0.1) is 5.92 Å². The van der Waals surface area contributed by atoms with Crippen LogP contribution >= 0.6 is 11.6 Å². The average Bonchev–Trinajstić information content (AvgIpc) is 3.11. The van der Waals surface area contributed by atoms with Gasteiger partial charge in [-0.15, -0.1) is 0 Å². The van der Waals surface area contributed by atoms with Gasteiger partial charge in [0.05, 0.1) is 29.9 Å². The van der Waals surface area contributed by atoms with Crippen LogP contribution in [0.15, 0.2) is 18.3 Å². The zero-order valence-corrected chi connectivity index (χ0v) is 16.0. The number of nitrogens with zero attached hydrogens (tertiary/aromatic N) is 3. The lowest BCUT2D eigenvalue weighted by atomic mass is 9.87. The van der Waals surface area contributed by atoms with E-state index < -0.39 is 11.9 Å². The summed E-state index contributed by atoms with van der Waals surface area (Å²) < 4.78 is 5.11. The molecule has 0 aliphatic carbocycles. The van der Waals surface area contributed by atoms with Crippen molar-refractivity contribution in [3.8, 4) is 17.1 Å². The summed E-state index contributed by atoms with van der Waals surface area (Å²) in [4.78, 5) is 30.0. The number of amides is 1. The Bertz CT molecular complexity index is 857. The second-order valence-corrected chi connectivity index (χ2v) is 7.20. The number of piperidine rings is 1. The first-order valence-corrected chi connectivity index (χ1v) is 9.00. The maximum absolute atomic E-state index is 13.0. The molecule has 1 aliphatic rings. The molecule has 1 amide bonds. The highest BCUT2D eigenvalue weighted by Gasteiger charge is 2.37. The minimum Gasteiger partial charge on any atom is -0.481 e. The van der Waals surface area contributed by atoms with Gasteiger partial charge in [-0.2, -0.15) is 5.10 Å². The van der Waals surface area contributed by atoms with Crippen LogP contribution in [-0.4, -0.2) is 56.3 Å². The quantitative estimate of drug-likeness (QED) is 0.828. The number of hydrogen-bond acceptors (Lipinski definition) is 5. The SMILES string of the molecule is COc1cc(-c2cc(C(=O)N3C(C)CC(C(=O)O)CC3C)[nH]n2)c(Cl)cn1. The van der Waals surface area contributed by atoms with Crippen molar-refractivity contribution < 1.29 is 19.4 Å². The molecule has 9 heteroatoms. The fourth-order valence-corrected chi connectivity index (χ4v) is 3.82. The van der Waals surface area contributed by atoms with E-state index in [0.717, 1.165) is 0 Å². The number of H-pyrrole nitrogens is 1. The summed E-state index contributed by atoms with van der Waals surface area (Å²) in [6.45, 7) is 3.73. The molecule has 2 atom stereocenters. The standard InChI is InChI=1S/C18H21ClN4O4/c1-9-4-11(18(25)26)5-10(2)23(9)17(24)15-7-14(21-22-15)12-6-16(27-3)20-8-13(12)19/h6-11H,4-5H2,1-3H3,(H,21,22)(H,25,26). The Labute approximate surface area is 161 Å². The summed E-state index contributed by atoms with van der Waals surface area (Å²) >= 11 is 6.19. The number of pyridine rings is 1. The number of aromatic nitrogens is 3. The molecular weight excluding hydrogens is 372 g/mol. The number of aromatic amines is 1. The van der Waals surface area contributed by atoms with Gasteiger partial charge in [0.2, 0.25) is 5.88 Å². The largest absolute Gasteiger partial charge is 0.481 e. The maximum atomic E-state index is 13.0. The van der Waals surface area contributed by atoms with Crippen LogP contribution in [0.4, 0.5) is 0 Å². The fraction of sp³-hybridized carbons (Fsp3) is 0.444. The zero-order valence-electron chi connectivity index (χ0n) is 15.3. The number of carboxylic acids is 1. The summed E-state index contributed by atoms with van der Waals surface area (Å²) in [6, 6.07) is 2.92. The predicted octanol–water partition coefficient (Wildman–Crippen LogP) is 2.85. The van der Waals surface area contributed by atoms with Crippen molar-refractivity contribution in [2.45, 2.75) is 38.8 Å². The minimum absolute atomic E-state index is 0.182. The molecule has 27 heavy (non-hydrogen) atoms. The monoisotopic (exact) mass is 392 g/mol. The molecule has 2 aromatic rings. The van der Waals surface area contributed by atoms with Gasteiger partial charge in [-0.05, 0) is 32.8 Å².